The van der Waals surface area contributed by atoms with Crippen molar-refractivity contribution in [3.63, 3.8) is 0 Å². The van der Waals surface area contributed by atoms with Gasteiger partial charge in [0.15, 0.2) is 5.13 Å². The number of anilines is 1. The minimum atomic E-state index is -0.431. The van der Waals surface area contributed by atoms with Gasteiger partial charge in [-0.25, -0.2) is 4.98 Å². The molecule has 0 aliphatic rings. The van der Waals surface area contributed by atoms with Crippen LogP contribution in [0.4, 0.5) is 5.13 Å². The normalized spacial score (nSPS) is 10.6. The molecule has 27 heavy (non-hydrogen) atoms. The zero-order valence-electron chi connectivity index (χ0n) is 14.1. The number of benzene rings is 2. The Morgan fingerprint density at radius 3 is 2.67 bits per heavy atom. The van der Waals surface area contributed by atoms with Gasteiger partial charge < -0.3 is 5.73 Å². The third-order valence-corrected chi connectivity index (χ3v) is 5.98. The summed E-state index contributed by atoms with van der Waals surface area (Å²) in [6, 6.07) is 14.7. The van der Waals surface area contributed by atoms with Crippen molar-refractivity contribution >= 4 is 51.6 Å². The Bertz CT molecular complexity index is 975. The maximum absolute atomic E-state index is 12.6. The molecular weight excluding hydrogens is 402 g/mol. The molecule has 3 N–H and O–H groups in total. The highest BCUT2D eigenvalue weighted by Gasteiger charge is 2.14. The van der Waals surface area contributed by atoms with E-state index in [0.29, 0.717) is 27.0 Å². The molecule has 0 saturated heterocycles. The van der Waals surface area contributed by atoms with E-state index in [2.05, 4.69) is 10.3 Å². The average Bonchev–Trinajstić information content (AvgIpc) is 3.09. The number of amides is 2. The predicted octanol–water partition coefficient (Wildman–Crippen LogP) is 4.22. The van der Waals surface area contributed by atoms with E-state index in [4.69, 9.17) is 17.3 Å². The van der Waals surface area contributed by atoms with Gasteiger partial charge in [-0.15, -0.1) is 23.1 Å². The number of halogens is 1. The van der Waals surface area contributed by atoms with Gasteiger partial charge in [-0.2, -0.15) is 0 Å². The van der Waals surface area contributed by atoms with Crippen LogP contribution in [-0.2, 0) is 11.2 Å². The molecule has 0 aliphatic carbocycles. The van der Waals surface area contributed by atoms with Gasteiger partial charge in [0.25, 0.3) is 5.91 Å². The van der Waals surface area contributed by atoms with Crippen LogP contribution in [0.15, 0.2) is 59.6 Å². The number of aromatic nitrogens is 1. The molecule has 2 amide bonds. The molecular formula is C19H16ClN3O2S2. The molecule has 0 spiro atoms. The summed E-state index contributed by atoms with van der Waals surface area (Å²) in [5.74, 6) is -0.593. The molecule has 0 bridgehead atoms. The Balaban J connectivity index is 1.70. The van der Waals surface area contributed by atoms with E-state index in [0.717, 1.165) is 10.4 Å². The summed E-state index contributed by atoms with van der Waals surface area (Å²) in [4.78, 5) is 29.6. The summed E-state index contributed by atoms with van der Waals surface area (Å²) < 4.78 is 0. The fourth-order valence-electron chi connectivity index (χ4n) is 2.37. The van der Waals surface area contributed by atoms with Crippen LogP contribution in [-0.4, -0.2) is 22.6 Å². The number of carbonyl (C=O) groups excluding carboxylic acids is 2. The minimum absolute atomic E-state index is 0.115. The van der Waals surface area contributed by atoms with E-state index in [1.807, 2.05) is 30.3 Å². The van der Waals surface area contributed by atoms with Crippen LogP contribution in [0, 0.1) is 0 Å². The third-order valence-electron chi connectivity index (χ3n) is 3.60. The Labute approximate surface area is 170 Å². The summed E-state index contributed by atoms with van der Waals surface area (Å²) in [5.41, 5.74) is 6.68. The van der Waals surface area contributed by atoms with Crippen molar-refractivity contribution < 1.29 is 9.59 Å². The molecule has 0 aliphatic heterocycles. The summed E-state index contributed by atoms with van der Waals surface area (Å²) >= 11 is 8.83. The second-order valence-corrected chi connectivity index (χ2v) is 8.14. The predicted molar refractivity (Wildman–Crippen MR) is 111 cm³/mol. The number of hydrogen-bond acceptors (Lipinski definition) is 5. The highest BCUT2D eigenvalue weighted by molar-refractivity contribution is 8.00. The Morgan fingerprint density at radius 2 is 1.89 bits per heavy atom. The van der Waals surface area contributed by atoms with E-state index in [1.165, 1.54) is 23.1 Å². The number of thioether (sulfide) groups is 1. The lowest BCUT2D eigenvalue weighted by atomic mass is 10.1. The monoisotopic (exact) mass is 417 g/mol. The molecule has 8 heteroatoms. The van der Waals surface area contributed by atoms with Crippen LogP contribution in [0.25, 0.3) is 0 Å². The third kappa shape index (κ3) is 5.32. The lowest BCUT2D eigenvalue weighted by Gasteiger charge is -2.07. The fourth-order valence-corrected chi connectivity index (χ4v) is 4.19. The molecule has 0 fully saturated rings. The van der Waals surface area contributed by atoms with Crippen molar-refractivity contribution in [2.75, 3.05) is 11.1 Å². The summed E-state index contributed by atoms with van der Waals surface area (Å²) in [6.45, 7) is 0. The van der Waals surface area contributed by atoms with Crippen molar-refractivity contribution in [2.45, 2.75) is 11.3 Å². The molecule has 1 heterocycles. The quantitative estimate of drug-likeness (QED) is 0.563. The lowest BCUT2D eigenvalue weighted by molar-refractivity contribution is -0.115. The van der Waals surface area contributed by atoms with E-state index in [1.54, 1.807) is 24.4 Å². The molecule has 138 valence electrons. The average molecular weight is 418 g/mol. The summed E-state index contributed by atoms with van der Waals surface area (Å²) in [5, 5.41) is 4.03. The van der Waals surface area contributed by atoms with Crippen LogP contribution in [0.1, 0.15) is 20.8 Å². The molecule has 3 aromatic rings. The van der Waals surface area contributed by atoms with E-state index < -0.39 is 5.91 Å². The van der Waals surface area contributed by atoms with Gasteiger partial charge in [-0.1, -0.05) is 41.9 Å². The number of thiazole rings is 1. The maximum atomic E-state index is 12.6. The van der Waals surface area contributed by atoms with Crippen molar-refractivity contribution in [1.82, 2.24) is 4.98 Å². The van der Waals surface area contributed by atoms with Crippen LogP contribution < -0.4 is 11.1 Å². The second kappa shape index (κ2) is 9.03. The number of carbonyl (C=O) groups is 2. The first-order valence-electron chi connectivity index (χ1n) is 8.02. The number of nitrogens with one attached hydrogen (secondary N) is 1. The van der Waals surface area contributed by atoms with Crippen LogP contribution in [0.3, 0.4) is 0 Å². The largest absolute Gasteiger partial charge is 0.369 e. The first kappa shape index (κ1) is 19.4. The number of primary amides is 1. The van der Waals surface area contributed by atoms with Gasteiger partial charge in [0.1, 0.15) is 0 Å². The fraction of sp³-hybridized carbons (Fsp3) is 0.105. The Morgan fingerprint density at radius 1 is 1.15 bits per heavy atom. The second-order valence-electron chi connectivity index (χ2n) is 5.61. The van der Waals surface area contributed by atoms with Gasteiger partial charge in [0.05, 0.1) is 11.3 Å². The van der Waals surface area contributed by atoms with Crippen LogP contribution >= 0.6 is 34.7 Å². The molecule has 2 aromatic carbocycles. The van der Waals surface area contributed by atoms with Crippen LogP contribution in [0.2, 0.25) is 5.02 Å². The summed E-state index contributed by atoms with van der Waals surface area (Å²) in [6.07, 6.45) is 2.38. The molecule has 0 radical (unpaired) electrons. The van der Waals surface area contributed by atoms with E-state index >= 15 is 0 Å². The number of hydrogen-bond donors (Lipinski definition) is 2. The topological polar surface area (TPSA) is 85.1 Å². The highest BCUT2D eigenvalue weighted by atomic mass is 35.5. The van der Waals surface area contributed by atoms with Crippen LogP contribution in [0.5, 0.6) is 0 Å². The molecule has 0 saturated carbocycles. The smallest absolute Gasteiger partial charge is 0.258 e. The van der Waals surface area contributed by atoms with E-state index in [-0.39, 0.29) is 11.7 Å². The van der Waals surface area contributed by atoms with Crippen molar-refractivity contribution in [3.8, 4) is 0 Å². The van der Waals surface area contributed by atoms with Gasteiger partial charge in [-0.05, 0) is 23.8 Å². The molecule has 1 aromatic heterocycles. The molecule has 3 rings (SSSR count). The van der Waals surface area contributed by atoms with Gasteiger partial charge in [-0.3, -0.25) is 14.9 Å². The van der Waals surface area contributed by atoms with Crippen molar-refractivity contribution in [1.29, 1.82) is 0 Å². The van der Waals surface area contributed by atoms with Gasteiger partial charge in [0, 0.05) is 27.4 Å². The number of rotatable bonds is 7. The lowest BCUT2D eigenvalue weighted by Crippen LogP contribution is -2.15. The first-order chi connectivity index (χ1) is 13.0. The maximum Gasteiger partial charge on any atom is 0.258 e. The number of nitrogens with two attached hydrogens (primary N) is 1. The van der Waals surface area contributed by atoms with Crippen molar-refractivity contribution in [2.24, 2.45) is 5.73 Å². The standard InChI is InChI=1S/C19H16ClN3O2S2/c20-15-7-3-1-5-12(15)9-13-10-22-19(27-13)23-18(25)14-6-2-4-8-16(14)26-11-17(21)24/h1-8,10H,9,11H2,(H2,21,24)(H,22,23,25). The van der Waals surface area contributed by atoms with Gasteiger partial charge >= 0.3 is 0 Å². The SMILES string of the molecule is NC(=O)CSc1ccccc1C(=O)Nc1ncc(Cc2ccccc2Cl)s1. The zero-order chi connectivity index (χ0) is 19.2. The zero-order valence-corrected chi connectivity index (χ0v) is 16.5. The molecule has 0 atom stereocenters. The summed E-state index contributed by atoms with van der Waals surface area (Å²) in [7, 11) is 0. The Hall–Kier alpha value is -2.35. The first-order valence-corrected chi connectivity index (χ1v) is 10.2. The van der Waals surface area contributed by atoms with Crippen molar-refractivity contribution in [3.05, 3.63) is 75.8 Å². The molecule has 5 nitrogen and oxygen atoms in total. The molecule has 0 unspecified atom stereocenters. The highest BCUT2D eigenvalue weighted by Crippen LogP contribution is 2.27. The van der Waals surface area contributed by atoms with E-state index in [9.17, 15) is 9.59 Å². The Kier molecular flexibility index (Phi) is 6.49. The van der Waals surface area contributed by atoms with Gasteiger partial charge in [0.2, 0.25) is 5.91 Å². The minimum Gasteiger partial charge on any atom is -0.369 e. The number of nitrogens with zero attached hydrogens (tertiary/aromatic N) is 1.